The van der Waals surface area contributed by atoms with Crippen LogP contribution in [0, 0.1) is 0 Å². The van der Waals surface area contributed by atoms with Crippen LogP contribution in [-0.2, 0) is 6.42 Å². The molecule has 0 aliphatic rings. The van der Waals surface area contributed by atoms with Crippen LogP contribution in [0.1, 0.15) is 23.2 Å². The van der Waals surface area contributed by atoms with Crippen LogP contribution >= 0.6 is 0 Å². The largest absolute Gasteiger partial charge is 0.478 e. The quantitative estimate of drug-likeness (QED) is 0.779. The van der Waals surface area contributed by atoms with Crippen molar-refractivity contribution >= 4 is 17.2 Å². The Labute approximate surface area is 79.4 Å². The van der Waals surface area contributed by atoms with Gasteiger partial charge in [0.2, 0.25) is 0 Å². The van der Waals surface area contributed by atoms with Gasteiger partial charge in [0.1, 0.15) is 0 Å². The molecular formula is C9H8N2O3. The first-order chi connectivity index (χ1) is 6.70. The SMILES string of the molecule is CCc1nc2ncc(C(=O)O)cc2o1. The van der Waals surface area contributed by atoms with Crippen molar-refractivity contribution in [3.05, 3.63) is 23.7 Å². The van der Waals surface area contributed by atoms with Crippen molar-refractivity contribution in [2.24, 2.45) is 0 Å². The highest BCUT2D eigenvalue weighted by Crippen LogP contribution is 2.14. The number of hydrogen-bond donors (Lipinski definition) is 1. The average Bonchev–Trinajstić information content (AvgIpc) is 2.58. The fraction of sp³-hybridized carbons (Fsp3) is 0.222. The number of pyridine rings is 1. The number of nitrogens with zero attached hydrogens (tertiary/aromatic N) is 2. The fourth-order valence-electron chi connectivity index (χ4n) is 1.13. The molecule has 2 aromatic heterocycles. The third kappa shape index (κ3) is 1.32. The molecule has 0 unspecified atom stereocenters. The van der Waals surface area contributed by atoms with E-state index >= 15 is 0 Å². The van der Waals surface area contributed by atoms with Crippen molar-refractivity contribution in [3.8, 4) is 0 Å². The number of oxazole rings is 1. The molecule has 5 heteroatoms. The second-order valence-electron chi connectivity index (χ2n) is 2.81. The molecule has 5 nitrogen and oxygen atoms in total. The van der Waals surface area contributed by atoms with Gasteiger partial charge >= 0.3 is 5.97 Å². The molecule has 0 fully saturated rings. The van der Waals surface area contributed by atoms with Crippen LogP contribution in [-0.4, -0.2) is 21.0 Å². The molecule has 2 rings (SSSR count). The number of aromatic nitrogens is 2. The summed E-state index contributed by atoms with van der Waals surface area (Å²) >= 11 is 0. The van der Waals surface area contributed by atoms with Crippen LogP contribution in [0.15, 0.2) is 16.7 Å². The predicted octanol–water partition coefficient (Wildman–Crippen LogP) is 1.48. The van der Waals surface area contributed by atoms with Crippen LogP contribution in [0.4, 0.5) is 0 Å². The van der Waals surface area contributed by atoms with Gasteiger partial charge in [0.05, 0.1) is 5.56 Å². The molecule has 0 aliphatic heterocycles. The molecule has 0 aromatic carbocycles. The molecule has 0 atom stereocenters. The normalized spacial score (nSPS) is 10.6. The summed E-state index contributed by atoms with van der Waals surface area (Å²) in [7, 11) is 0. The molecule has 2 aromatic rings. The standard InChI is InChI=1S/C9H8N2O3/c1-2-7-11-8-6(14-7)3-5(4-10-8)9(12)13/h3-4H,2H2,1H3,(H,12,13). The van der Waals surface area contributed by atoms with Crippen molar-refractivity contribution < 1.29 is 14.3 Å². The van der Waals surface area contributed by atoms with Crippen molar-refractivity contribution in [2.45, 2.75) is 13.3 Å². The van der Waals surface area contributed by atoms with E-state index in [1.54, 1.807) is 0 Å². The summed E-state index contributed by atoms with van der Waals surface area (Å²) in [5.41, 5.74) is 0.977. The van der Waals surface area contributed by atoms with E-state index in [1.807, 2.05) is 6.92 Å². The topological polar surface area (TPSA) is 76.2 Å². The van der Waals surface area contributed by atoms with Gasteiger partial charge in [-0.3, -0.25) is 0 Å². The van der Waals surface area contributed by atoms with Crippen molar-refractivity contribution in [3.63, 3.8) is 0 Å². The highest BCUT2D eigenvalue weighted by atomic mass is 16.4. The van der Waals surface area contributed by atoms with E-state index in [4.69, 9.17) is 9.52 Å². The van der Waals surface area contributed by atoms with Gasteiger partial charge in [0, 0.05) is 18.7 Å². The number of fused-ring (bicyclic) bond motifs is 1. The Bertz CT molecular complexity index is 490. The highest BCUT2D eigenvalue weighted by Gasteiger charge is 2.09. The summed E-state index contributed by atoms with van der Waals surface area (Å²) < 4.78 is 5.27. The van der Waals surface area contributed by atoms with Crippen molar-refractivity contribution in [2.75, 3.05) is 0 Å². The highest BCUT2D eigenvalue weighted by molar-refractivity contribution is 5.90. The van der Waals surface area contributed by atoms with Crippen LogP contribution in [0.25, 0.3) is 11.2 Å². The molecule has 0 saturated heterocycles. The lowest BCUT2D eigenvalue weighted by Gasteiger charge is -1.90. The van der Waals surface area contributed by atoms with Gasteiger partial charge in [-0.15, -0.1) is 0 Å². The molecular weight excluding hydrogens is 184 g/mol. The summed E-state index contributed by atoms with van der Waals surface area (Å²) in [6.45, 7) is 1.91. The van der Waals surface area contributed by atoms with Gasteiger partial charge in [-0.1, -0.05) is 6.92 Å². The van der Waals surface area contributed by atoms with E-state index in [2.05, 4.69) is 9.97 Å². The smallest absolute Gasteiger partial charge is 0.337 e. The van der Waals surface area contributed by atoms with E-state index in [1.165, 1.54) is 12.3 Å². The molecule has 14 heavy (non-hydrogen) atoms. The molecule has 0 spiro atoms. The van der Waals surface area contributed by atoms with E-state index in [-0.39, 0.29) is 5.56 Å². The zero-order valence-corrected chi connectivity index (χ0v) is 7.52. The van der Waals surface area contributed by atoms with Gasteiger partial charge in [0.25, 0.3) is 0 Å². The van der Waals surface area contributed by atoms with Crippen LogP contribution < -0.4 is 0 Å². The number of carboxylic acid groups (broad SMARTS) is 1. The van der Waals surface area contributed by atoms with E-state index in [0.29, 0.717) is 23.5 Å². The third-order valence-corrected chi connectivity index (χ3v) is 1.84. The first-order valence-corrected chi connectivity index (χ1v) is 4.19. The Balaban J connectivity index is 2.59. The zero-order chi connectivity index (χ0) is 10.1. The Kier molecular flexibility index (Phi) is 1.92. The summed E-state index contributed by atoms with van der Waals surface area (Å²) in [5.74, 6) is -0.455. The Morgan fingerprint density at radius 1 is 1.64 bits per heavy atom. The van der Waals surface area contributed by atoms with Gasteiger partial charge in [-0.05, 0) is 0 Å². The first kappa shape index (κ1) is 8.68. The lowest BCUT2D eigenvalue weighted by molar-refractivity contribution is 0.0696. The van der Waals surface area contributed by atoms with Crippen molar-refractivity contribution in [1.29, 1.82) is 0 Å². The van der Waals surface area contributed by atoms with Crippen LogP contribution in [0.5, 0.6) is 0 Å². The summed E-state index contributed by atoms with van der Waals surface area (Å²) in [5, 5.41) is 8.71. The van der Waals surface area contributed by atoms with Crippen LogP contribution in [0.3, 0.4) is 0 Å². The number of aryl methyl sites for hydroxylation is 1. The summed E-state index contributed by atoms with van der Waals surface area (Å²) in [4.78, 5) is 18.6. The Hall–Kier alpha value is -1.91. The summed E-state index contributed by atoms with van der Waals surface area (Å²) in [6.07, 6.45) is 1.94. The van der Waals surface area contributed by atoms with Crippen LogP contribution in [0.2, 0.25) is 0 Å². The monoisotopic (exact) mass is 192 g/mol. The van der Waals surface area contributed by atoms with Gasteiger partial charge in [0.15, 0.2) is 17.1 Å². The number of carboxylic acids is 1. The van der Waals surface area contributed by atoms with Gasteiger partial charge < -0.3 is 9.52 Å². The third-order valence-electron chi connectivity index (χ3n) is 1.84. The fourth-order valence-corrected chi connectivity index (χ4v) is 1.13. The average molecular weight is 192 g/mol. The minimum Gasteiger partial charge on any atom is -0.478 e. The number of rotatable bonds is 2. The lowest BCUT2D eigenvalue weighted by atomic mass is 10.3. The minimum atomic E-state index is -1.02. The Morgan fingerprint density at radius 3 is 3.07 bits per heavy atom. The molecule has 0 aliphatic carbocycles. The maximum atomic E-state index is 10.6. The first-order valence-electron chi connectivity index (χ1n) is 4.19. The van der Waals surface area contributed by atoms with E-state index < -0.39 is 5.97 Å². The predicted molar refractivity (Wildman–Crippen MR) is 48.1 cm³/mol. The minimum absolute atomic E-state index is 0.108. The molecule has 2 heterocycles. The van der Waals surface area contributed by atoms with E-state index in [9.17, 15) is 4.79 Å². The number of hydrogen-bond acceptors (Lipinski definition) is 4. The van der Waals surface area contributed by atoms with E-state index in [0.717, 1.165) is 0 Å². The molecule has 1 N–H and O–H groups in total. The maximum Gasteiger partial charge on any atom is 0.337 e. The lowest BCUT2D eigenvalue weighted by Crippen LogP contribution is -1.96. The second kappa shape index (κ2) is 3.10. The second-order valence-corrected chi connectivity index (χ2v) is 2.81. The molecule has 0 radical (unpaired) electrons. The molecule has 0 amide bonds. The maximum absolute atomic E-state index is 10.6. The molecule has 0 saturated carbocycles. The molecule has 0 bridgehead atoms. The molecule has 72 valence electrons. The van der Waals surface area contributed by atoms with Gasteiger partial charge in [-0.25, -0.2) is 9.78 Å². The number of carbonyl (C=O) groups is 1. The number of aromatic carboxylic acids is 1. The van der Waals surface area contributed by atoms with Crippen molar-refractivity contribution in [1.82, 2.24) is 9.97 Å². The Morgan fingerprint density at radius 2 is 2.43 bits per heavy atom. The zero-order valence-electron chi connectivity index (χ0n) is 7.52. The summed E-state index contributed by atoms with van der Waals surface area (Å²) in [6, 6.07) is 1.43. The van der Waals surface area contributed by atoms with Gasteiger partial charge in [-0.2, -0.15) is 4.98 Å².